The second kappa shape index (κ2) is 12.7. The third kappa shape index (κ3) is 6.91. The lowest BCUT2D eigenvalue weighted by atomic mass is 10.1. The molecule has 9 heteroatoms. The highest BCUT2D eigenvalue weighted by Gasteiger charge is 2.13. The summed E-state index contributed by atoms with van der Waals surface area (Å²) in [4.78, 5) is 4.40. The summed E-state index contributed by atoms with van der Waals surface area (Å²) >= 11 is 5.87. The number of aromatic nitrogens is 1. The van der Waals surface area contributed by atoms with Crippen molar-refractivity contribution >= 4 is 50.6 Å². The first kappa shape index (κ1) is 25.9. The highest BCUT2D eigenvalue weighted by atomic mass is 127. The third-order valence-electron chi connectivity index (χ3n) is 4.65. The first-order chi connectivity index (χ1) is 16.4. The summed E-state index contributed by atoms with van der Waals surface area (Å²) < 4.78 is 19.0. The molecule has 0 unspecified atom stereocenters. The van der Waals surface area contributed by atoms with E-state index in [-0.39, 0.29) is 0 Å². The number of nitrogens with zero attached hydrogens (tertiary/aromatic N) is 3. The van der Waals surface area contributed by atoms with Crippen LogP contribution in [0.15, 0.2) is 52.0 Å². The van der Waals surface area contributed by atoms with Gasteiger partial charge in [-0.25, -0.2) is 4.98 Å². The number of hydrazone groups is 1. The minimum atomic E-state index is 0.318. The Kier molecular flexibility index (Phi) is 9.68. The smallest absolute Gasteiger partial charge is 0.175 e. The van der Waals surface area contributed by atoms with Crippen LogP contribution in [-0.4, -0.2) is 24.9 Å². The molecular formula is C25H24BrIN4O3. The molecule has 1 aromatic heterocycles. The number of hydrogen-bond acceptors (Lipinski definition) is 7. The summed E-state index contributed by atoms with van der Waals surface area (Å²) in [5.41, 5.74) is 6.65. The topological polar surface area (TPSA) is 88.8 Å². The van der Waals surface area contributed by atoms with Crippen LogP contribution in [0.2, 0.25) is 0 Å². The first-order valence-corrected chi connectivity index (χ1v) is 12.3. The Hall–Kier alpha value is -2.68. The fourth-order valence-electron chi connectivity index (χ4n) is 3.19. The molecular weight excluding hydrogens is 611 g/mol. The molecule has 176 valence electrons. The molecule has 3 rings (SSSR count). The van der Waals surface area contributed by atoms with Gasteiger partial charge in [0.1, 0.15) is 18.2 Å². The van der Waals surface area contributed by atoms with Gasteiger partial charge in [-0.05, 0) is 93.8 Å². The van der Waals surface area contributed by atoms with Gasteiger partial charge in [-0.15, -0.1) is 0 Å². The van der Waals surface area contributed by atoms with Gasteiger partial charge in [0.15, 0.2) is 17.3 Å². The van der Waals surface area contributed by atoms with Crippen molar-refractivity contribution in [1.29, 1.82) is 5.26 Å². The maximum absolute atomic E-state index is 9.57. The lowest BCUT2D eigenvalue weighted by Gasteiger charge is -2.15. The number of ether oxygens (including phenoxy) is 3. The van der Waals surface area contributed by atoms with Crippen molar-refractivity contribution in [2.45, 2.75) is 27.1 Å². The molecule has 0 radical (unpaired) electrons. The summed E-state index contributed by atoms with van der Waals surface area (Å²) in [6.45, 7) is 5.01. The Labute approximate surface area is 221 Å². The number of hydrogen-bond donors (Lipinski definition) is 1. The number of benzene rings is 2. The van der Waals surface area contributed by atoms with Gasteiger partial charge in [0, 0.05) is 21.9 Å². The van der Waals surface area contributed by atoms with Crippen LogP contribution in [0.4, 0.5) is 5.82 Å². The number of rotatable bonds is 10. The number of methoxy groups -OCH3 is 1. The van der Waals surface area contributed by atoms with E-state index in [1.165, 1.54) is 3.57 Å². The van der Waals surface area contributed by atoms with Gasteiger partial charge in [-0.2, -0.15) is 10.4 Å². The highest BCUT2D eigenvalue weighted by molar-refractivity contribution is 14.1. The van der Waals surface area contributed by atoms with Gasteiger partial charge < -0.3 is 14.2 Å². The van der Waals surface area contributed by atoms with Crippen LogP contribution in [0.1, 0.15) is 34.9 Å². The molecule has 0 saturated heterocycles. The molecule has 0 saturated carbocycles. The molecule has 0 fully saturated rings. The van der Waals surface area contributed by atoms with E-state index in [4.69, 9.17) is 14.2 Å². The monoisotopic (exact) mass is 634 g/mol. The van der Waals surface area contributed by atoms with Gasteiger partial charge in [0.05, 0.1) is 23.9 Å². The first-order valence-electron chi connectivity index (χ1n) is 10.5. The SMILES string of the molecule is CCOc1cc(C=NNc2nc(C)cc(COC)c2C#N)cc(Br)c1OCc1ccc(I)cc1. The van der Waals surface area contributed by atoms with Crippen molar-refractivity contribution in [3.05, 3.63) is 78.5 Å². The minimum Gasteiger partial charge on any atom is -0.490 e. The van der Waals surface area contributed by atoms with Crippen LogP contribution in [0.25, 0.3) is 0 Å². The van der Waals surface area contributed by atoms with Crippen molar-refractivity contribution < 1.29 is 14.2 Å². The molecule has 0 aliphatic carbocycles. The van der Waals surface area contributed by atoms with E-state index >= 15 is 0 Å². The Balaban J connectivity index is 1.80. The predicted octanol–water partition coefficient (Wildman–Crippen LogP) is 6.20. The van der Waals surface area contributed by atoms with Crippen molar-refractivity contribution in [3.8, 4) is 17.6 Å². The van der Waals surface area contributed by atoms with E-state index in [0.717, 1.165) is 26.9 Å². The Morgan fingerprint density at radius 3 is 2.62 bits per heavy atom. The summed E-state index contributed by atoms with van der Waals surface area (Å²) in [6, 6.07) is 15.9. The zero-order valence-corrected chi connectivity index (χ0v) is 22.8. The quantitative estimate of drug-likeness (QED) is 0.162. The van der Waals surface area contributed by atoms with Crippen LogP contribution in [0.3, 0.4) is 0 Å². The number of anilines is 1. The minimum absolute atomic E-state index is 0.318. The lowest BCUT2D eigenvalue weighted by molar-refractivity contribution is 0.184. The van der Waals surface area contributed by atoms with Crippen molar-refractivity contribution in [1.82, 2.24) is 4.98 Å². The molecule has 0 aliphatic heterocycles. The standard InChI is InChI=1S/C25H24BrIN4O3/c1-4-33-23-11-18(10-22(26)24(23)34-14-17-5-7-20(27)8-6-17)13-29-31-25-21(12-28)19(15-32-3)9-16(2)30-25/h5-11,13H,4,14-15H2,1-3H3,(H,30,31). The molecule has 0 spiro atoms. The van der Waals surface area contributed by atoms with Gasteiger partial charge in [0.2, 0.25) is 0 Å². The zero-order chi connectivity index (χ0) is 24.5. The van der Waals surface area contributed by atoms with Crippen LogP contribution in [0, 0.1) is 21.8 Å². The molecule has 7 nitrogen and oxygen atoms in total. The second-order valence-electron chi connectivity index (χ2n) is 7.24. The van der Waals surface area contributed by atoms with Gasteiger partial charge in [-0.1, -0.05) is 12.1 Å². The number of halogens is 2. The average Bonchev–Trinajstić information content (AvgIpc) is 2.80. The lowest BCUT2D eigenvalue weighted by Crippen LogP contribution is -2.04. The summed E-state index contributed by atoms with van der Waals surface area (Å²) in [5, 5.41) is 13.9. The van der Waals surface area contributed by atoms with Crippen LogP contribution in [-0.2, 0) is 18.0 Å². The molecule has 3 aromatic rings. The average molecular weight is 635 g/mol. The summed E-state index contributed by atoms with van der Waals surface area (Å²) in [5.74, 6) is 1.62. The molecule has 2 aromatic carbocycles. The molecule has 1 heterocycles. The van der Waals surface area contributed by atoms with Crippen molar-refractivity contribution in [2.75, 3.05) is 19.1 Å². The van der Waals surface area contributed by atoms with E-state index < -0.39 is 0 Å². The van der Waals surface area contributed by atoms with E-state index in [1.54, 1.807) is 13.3 Å². The van der Waals surface area contributed by atoms with Gasteiger partial charge >= 0.3 is 0 Å². The van der Waals surface area contributed by atoms with E-state index in [2.05, 4.69) is 60.1 Å². The summed E-state index contributed by atoms with van der Waals surface area (Å²) in [6.07, 6.45) is 1.64. The highest BCUT2D eigenvalue weighted by Crippen LogP contribution is 2.37. The Morgan fingerprint density at radius 1 is 1.18 bits per heavy atom. The van der Waals surface area contributed by atoms with Crippen molar-refractivity contribution in [3.63, 3.8) is 0 Å². The normalized spacial score (nSPS) is 10.8. The summed E-state index contributed by atoms with van der Waals surface area (Å²) in [7, 11) is 1.59. The van der Waals surface area contributed by atoms with E-state index in [9.17, 15) is 5.26 Å². The van der Waals surface area contributed by atoms with E-state index in [1.807, 2.05) is 56.3 Å². The van der Waals surface area contributed by atoms with Crippen LogP contribution < -0.4 is 14.9 Å². The van der Waals surface area contributed by atoms with Crippen LogP contribution >= 0.6 is 38.5 Å². The molecule has 34 heavy (non-hydrogen) atoms. The Bertz CT molecular complexity index is 1210. The molecule has 0 aliphatic rings. The van der Waals surface area contributed by atoms with Crippen LogP contribution in [0.5, 0.6) is 11.5 Å². The fraction of sp³-hybridized carbons (Fsp3) is 0.240. The third-order valence-corrected chi connectivity index (χ3v) is 5.96. The number of pyridine rings is 1. The fourth-order valence-corrected chi connectivity index (χ4v) is 4.12. The maximum atomic E-state index is 9.57. The zero-order valence-electron chi connectivity index (χ0n) is 19.1. The molecule has 0 atom stereocenters. The molecule has 1 N–H and O–H groups in total. The number of aryl methyl sites for hydroxylation is 1. The second-order valence-corrected chi connectivity index (χ2v) is 9.34. The predicted molar refractivity (Wildman–Crippen MR) is 144 cm³/mol. The number of nitriles is 1. The van der Waals surface area contributed by atoms with Gasteiger partial charge in [-0.3, -0.25) is 5.43 Å². The molecule has 0 amide bonds. The van der Waals surface area contributed by atoms with Crippen molar-refractivity contribution in [2.24, 2.45) is 5.10 Å². The van der Waals surface area contributed by atoms with E-state index in [0.29, 0.717) is 42.7 Å². The maximum Gasteiger partial charge on any atom is 0.175 e. The van der Waals surface area contributed by atoms with Gasteiger partial charge in [0.25, 0.3) is 0 Å². The largest absolute Gasteiger partial charge is 0.490 e. The molecule has 0 bridgehead atoms. The Morgan fingerprint density at radius 2 is 1.94 bits per heavy atom. The number of nitrogens with one attached hydrogen (secondary N) is 1.